The zero-order valence-corrected chi connectivity index (χ0v) is 11.7. The van der Waals surface area contributed by atoms with Crippen molar-refractivity contribution in [2.45, 2.75) is 13.1 Å². The first-order valence-electron chi connectivity index (χ1n) is 7.03. The smallest absolute Gasteiger partial charge is 0.258 e. The largest absolute Gasteiger partial charge is 0.314 e. The number of fused-ring (bicyclic) bond motifs is 1. The molecule has 0 fully saturated rings. The van der Waals surface area contributed by atoms with E-state index >= 15 is 0 Å². The van der Waals surface area contributed by atoms with Crippen LogP contribution in [-0.2, 0) is 13.1 Å². The molecule has 106 valence electrons. The molecule has 2 aromatic heterocycles. The summed E-state index contributed by atoms with van der Waals surface area (Å²) < 4.78 is 1.74. The van der Waals surface area contributed by atoms with Crippen LogP contribution in [0.4, 0.5) is 0 Å². The highest BCUT2D eigenvalue weighted by Gasteiger charge is 2.01. The molecule has 1 aromatic carbocycles. The predicted octanol–water partition coefficient (Wildman–Crippen LogP) is 2.19. The summed E-state index contributed by atoms with van der Waals surface area (Å²) >= 11 is 0. The fraction of sp³-hybridized carbons (Fsp3) is 0.176. The standard InChI is InChI=1S/C17H17N3O/c21-17-16-7-2-1-5-14(16)8-11-20(17)12-10-18-13-15-6-3-4-9-19-15/h1-9,11,18H,10,12-13H2. The minimum Gasteiger partial charge on any atom is -0.314 e. The molecule has 0 atom stereocenters. The maximum atomic E-state index is 12.3. The monoisotopic (exact) mass is 279 g/mol. The van der Waals surface area contributed by atoms with Gasteiger partial charge in [-0.3, -0.25) is 9.78 Å². The van der Waals surface area contributed by atoms with E-state index in [4.69, 9.17) is 0 Å². The van der Waals surface area contributed by atoms with E-state index < -0.39 is 0 Å². The summed E-state index contributed by atoms with van der Waals surface area (Å²) in [4.78, 5) is 16.6. The van der Waals surface area contributed by atoms with Crippen LogP contribution in [-0.4, -0.2) is 16.1 Å². The van der Waals surface area contributed by atoms with Crippen LogP contribution >= 0.6 is 0 Å². The lowest BCUT2D eigenvalue weighted by atomic mass is 10.2. The molecule has 3 rings (SSSR count). The Morgan fingerprint density at radius 3 is 2.76 bits per heavy atom. The van der Waals surface area contributed by atoms with Gasteiger partial charge in [-0.25, -0.2) is 0 Å². The number of benzene rings is 1. The van der Waals surface area contributed by atoms with Crippen molar-refractivity contribution in [3.63, 3.8) is 0 Å². The minimum absolute atomic E-state index is 0.0627. The number of rotatable bonds is 5. The molecular formula is C17H17N3O. The molecule has 0 unspecified atom stereocenters. The average molecular weight is 279 g/mol. The summed E-state index contributed by atoms with van der Waals surface area (Å²) in [5.41, 5.74) is 1.07. The molecule has 0 radical (unpaired) electrons. The molecule has 0 aliphatic rings. The van der Waals surface area contributed by atoms with Gasteiger partial charge in [-0.05, 0) is 29.7 Å². The molecular weight excluding hydrogens is 262 g/mol. The number of nitrogens with one attached hydrogen (secondary N) is 1. The second-order valence-electron chi connectivity index (χ2n) is 4.90. The van der Waals surface area contributed by atoms with Crippen LogP contribution in [0.2, 0.25) is 0 Å². The Morgan fingerprint density at radius 1 is 1.05 bits per heavy atom. The highest BCUT2D eigenvalue weighted by molar-refractivity contribution is 5.81. The first-order chi connectivity index (χ1) is 10.3. The zero-order chi connectivity index (χ0) is 14.5. The van der Waals surface area contributed by atoms with Crippen LogP contribution in [0.25, 0.3) is 10.8 Å². The summed E-state index contributed by atoms with van der Waals surface area (Å²) in [6, 6.07) is 15.5. The predicted molar refractivity (Wildman–Crippen MR) is 84.2 cm³/mol. The first kappa shape index (κ1) is 13.5. The zero-order valence-electron chi connectivity index (χ0n) is 11.7. The first-order valence-corrected chi connectivity index (χ1v) is 7.03. The second-order valence-corrected chi connectivity index (χ2v) is 4.90. The van der Waals surface area contributed by atoms with Crippen LogP contribution in [0.5, 0.6) is 0 Å². The number of nitrogens with zero attached hydrogens (tertiary/aromatic N) is 2. The Hall–Kier alpha value is -2.46. The molecule has 0 bridgehead atoms. The molecule has 2 heterocycles. The fourth-order valence-electron chi connectivity index (χ4n) is 2.32. The van der Waals surface area contributed by atoms with Gasteiger partial charge in [0.1, 0.15) is 0 Å². The van der Waals surface area contributed by atoms with E-state index in [1.807, 2.05) is 54.7 Å². The Balaban J connectivity index is 1.63. The number of pyridine rings is 2. The molecule has 21 heavy (non-hydrogen) atoms. The average Bonchev–Trinajstić information content (AvgIpc) is 2.55. The van der Waals surface area contributed by atoms with Gasteiger partial charge in [-0.2, -0.15) is 0 Å². The van der Waals surface area contributed by atoms with Crippen LogP contribution in [0.3, 0.4) is 0 Å². The van der Waals surface area contributed by atoms with Crippen molar-refractivity contribution < 1.29 is 0 Å². The summed E-state index contributed by atoms with van der Waals surface area (Å²) in [6.07, 6.45) is 3.64. The van der Waals surface area contributed by atoms with Crippen LogP contribution in [0, 0.1) is 0 Å². The maximum absolute atomic E-state index is 12.3. The van der Waals surface area contributed by atoms with Crippen molar-refractivity contribution in [3.05, 3.63) is 77.0 Å². The molecule has 0 saturated carbocycles. The third kappa shape index (κ3) is 3.17. The van der Waals surface area contributed by atoms with Gasteiger partial charge in [0.15, 0.2) is 0 Å². The molecule has 0 saturated heterocycles. The van der Waals surface area contributed by atoms with Gasteiger partial charge in [0.2, 0.25) is 0 Å². The molecule has 0 aliphatic carbocycles. The molecule has 1 N–H and O–H groups in total. The molecule has 0 spiro atoms. The lowest BCUT2D eigenvalue weighted by molar-refractivity contribution is 0.583. The lowest BCUT2D eigenvalue weighted by Gasteiger charge is -2.08. The Bertz CT molecular complexity index is 781. The van der Waals surface area contributed by atoms with Crippen molar-refractivity contribution >= 4 is 10.8 Å². The summed E-state index contributed by atoms with van der Waals surface area (Å²) in [7, 11) is 0. The van der Waals surface area contributed by atoms with Gasteiger partial charge in [0.05, 0.1) is 5.69 Å². The molecule has 0 aliphatic heterocycles. The van der Waals surface area contributed by atoms with Crippen LogP contribution in [0.15, 0.2) is 65.7 Å². The Labute approximate surface area is 123 Å². The van der Waals surface area contributed by atoms with E-state index in [9.17, 15) is 4.79 Å². The molecule has 4 heteroatoms. The van der Waals surface area contributed by atoms with Gasteiger partial charge in [-0.1, -0.05) is 24.3 Å². The highest BCUT2D eigenvalue weighted by Crippen LogP contribution is 2.07. The van der Waals surface area contributed by atoms with Gasteiger partial charge in [-0.15, -0.1) is 0 Å². The quantitative estimate of drug-likeness (QED) is 0.728. The number of hydrogen-bond donors (Lipinski definition) is 1. The maximum Gasteiger partial charge on any atom is 0.258 e. The summed E-state index contributed by atoms with van der Waals surface area (Å²) in [5, 5.41) is 5.06. The van der Waals surface area contributed by atoms with Crippen molar-refractivity contribution in [3.8, 4) is 0 Å². The van der Waals surface area contributed by atoms with Crippen molar-refractivity contribution in [1.82, 2.24) is 14.9 Å². The van der Waals surface area contributed by atoms with E-state index in [1.165, 1.54) is 0 Å². The van der Waals surface area contributed by atoms with E-state index in [0.29, 0.717) is 13.1 Å². The van der Waals surface area contributed by atoms with Crippen molar-refractivity contribution in [2.24, 2.45) is 0 Å². The van der Waals surface area contributed by atoms with Crippen molar-refractivity contribution in [2.75, 3.05) is 6.54 Å². The van der Waals surface area contributed by atoms with Gasteiger partial charge >= 0.3 is 0 Å². The summed E-state index contributed by atoms with van der Waals surface area (Å²) in [6.45, 7) is 2.09. The molecule has 4 nitrogen and oxygen atoms in total. The third-order valence-corrected chi connectivity index (χ3v) is 3.45. The van der Waals surface area contributed by atoms with Crippen LogP contribution in [0.1, 0.15) is 5.69 Å². The minimum atomic E-state index is 0.0627. The second kappa shape index (κ2) is 6.33. The Morgan fingerprint density at radius 2 is 1.90 bits per heavy atom. The third-order valence-electron chi connectivity index (χ3n) is 3.45. The topological polar surface area (TPSA) is 46.9 Å². The van der Waals surface area contributed by atoms with Crippen molar-refractivity contribution in [1.29, 1.82) is 0 Å². The molecule has 0 amide bonds. The molecule has 3 aromatic rings. The van der Waals surface area contributed by atoms with Gasteiger partial charge in [0.25, 0.3) is 5.56 Å². The Kier molecular flexibility index (Phi) is 4.07. The normalized spacial score (nSPS) is 10.9. The number of hydrogen-bond acceptors (Lipinski definition) is 3. The number of aromatic nitrogens is 2. The van der Waals surface area contributed by atoms with Crippen LogP contribution < -0.4 is 10.9 Å². The van der Waals surface area contributed by atoms with E-state index in [1.54, 1.807) is 10.8 Å². The fourth-order valence-corrected chi connectivity index (χ4v) is 2.32. The highest BCUT2D eigenvalue weighted by atomic mass is 16.1. The SMILES string of the molecule is O=c1c2ccccc2ccn1CCNCc1ccccn1. The lowest BCUT2D eigenvalue weighted by Crippen LogP contribution is -2.26. The van der Waals surface area contributed by atoms with E-state index in [0.717, 1.165) is 23.0 Å². The van der Waals surface area contributed by atoms with E-state index in [2.05, 4.69) is 10.3 Å². The summed E-state index contributed by atoms with van der Waals surface area (Å²) in [5.74, 6) is 0. The van der Waals surface area contributed by atoms with E-state index in [-0.39, 0.29) is 5.56 Å². The van der Waals surface area contributed by atoms with Gasteiger partial charge in [0, 0.05) is 37.4 Å². The van der Waals surface area contributed by atoms with Gasteiger partial charge < -0.3 is 9.88 Å².